The molecule has 1 fully saturated rings. The van der Waals surface area contributed by atoms with E-state index in [2.05, 4.69) is 15.9 Å². The molecule has 1 aromatic rings. The normalized spacial score (nSPS) is 15.5. The molecule has 0 aromatic heterocycles. The Morgan fingerprint density at radius 3 is 2.68 bits per heavy atom. The number of rotatable bonds is 5. The molecule has 0 amide bonds. The minimum atomic E-state index is -0.111. The van der Waals surface area contributed by atoms with Crippen molar-refractivity contribution in [1.29, 1.82) is 0 Å². The number of hydrogen-bond acceptors (Lipinski definition) is 4. The molecule has 1 saturated carbocycles. The van der Waals surface area contributed by atoms with Gasteiger partial charge in [-0.3, -0.25) is 4.79 Å². The monoisotopic (exact) mass is 327 g/mol. The van der Waals surface area contributed by atoms with Gasteiger partial charge in [-0.25, -0.2) is 0 Å². The lowest BCUT2D eigenvalue weighted by atomic mass is 10.1. The first-order valence-electron chi connectivity index (χ1n) is 6.43. The highest BCUT2D eigenvalue weighted by Gasteiger charge is 2.21. The van der Waals surface area contributed by atoms with Gasteiger partial charge in [0.25, 0.3) is 0 Å². The van der Waals surface area contributed by atoms with Crippen LogP contribution in [0.25, 0.3) is 0 Å². The van der Waals surface area contributed by atoms with E-state index in [0.717, 1.165) is 12.8 Å². The van der Waals surface area contributed by atoms with Crippen molar-refractivity contribution < 1.29 is 14.3 Å². The minimum Gasteiger partial charge on any atom is -0.492 e. The van der Waals surface area contributed by atoms with Crippen molar-refractivity contribution in [2.45, 2.75) is 31.8 Å². The summed E-state index contributed by atoms with van der Waals surface area (Å²) in [6.45, 7) is -0.0123. The first-order valence-corrected chi connectivity index (χ1v) is 7.22. The minimum absolute atomic E-state index is 0.0123. The largest absolute Gasteiger partial charge is 0.492 e. The van der Waals surface area contributed by atoms with E-state index in [9.17, 15) is 4.79 Å². The summed E-state index contributed by atoms with van der Waals surface area (Å²) < 4.78 is 12.0. The lowest BCUT2D eigenvalue weighted by molar-refractivity contribution is 0.1000. The van der Waals surface area contributed by atoms with Gasteiger partial charge in [-0.15, -0.1) is 0 Å². The summed E-state index contributed by atoms with van der Waals surface area (Å²) in [5, 5.41) is 0. The van der Waals surface area contributed by atoms with Crippen molar-refractivity contribution in [1.82, 2.24) is 0 Å². The van der Waals surface area contributed by atoms with Gasteiger partial charge in [0.15, 0.2) is 17.3 Å². The summed E-state index contributed by atoms with van der Waals surface area (Å²) in [7, 11) is 1.59. The molecule has 0 aliphatic heterocycles. The summed E-state index contributed by atoms with van der Waals surface area (Å²) in [5.41, 5.74) is 5.95. The molecule has 0 saturated heterocycles. The van der Waals surface area contributed by atoms with Crippen LogP contribution in [-0.4, -0.2) is 25.5 Å². The van der Waals surface area contributed by atoms with E-state index in [1.807, 2.05) is 0 Å². The van der Waals surface area contributed by atoms with Crippen molar-refractivity contribution in [3.8, 4) is 11.5 Å². The lowest BCUT2D eigenvalue weighted by Gasteiger charge is -2.17. The molecule has 0 radical (unpaired) electrons. The van der Waals surface area contributed by atoms with Crippen molar-refractivity contribution in [2.75, 3.05) is 13.7 Å². The number of carbonyl (C=O) groups is 1. The van der Waals surface area contributed by atoms with Gasteiger partial charge in [-0.05, 0) is 53.7 Å². The fourth-order valence-electron chi connectivity index (χ4n) is 2.32. The van der Waals surface area contributed by atoms with Crippen LogP contribution in [0.15, 0.2) is 16.6 Å². The van der Waals surface area contributed by atoms with Crippen LogP contribution in [-0.2, 0) is 0 Å². The SMILES string of the molecule is COc1c(Br)cc(C(=O)CN)cc1OC1CCCC1. The molecule has 0 unspecified atom stereocenters. The molecule has 1 aliphatic carbocycles. The quantitative estimate of drug-likeness (QED) is 0.844. The summed E-state index contributed by atoms with van der Waals surface area (Å²) in [6.07, 6.45) is 4.70. The average molecular weight is 328 g/mol. The second kappa shape index (κ2) is 6.39. The Morgan fingerprint density at radius 2 is 2.11 bits per heavy atom. The van der Waals surface area contributed by atoms with Gasteiger partial charge < -0.3 is 15.2 Å². The maximum atomic E-state index is 11.7. The molecule has 0 atom stereocenters. The van der Waals surface area contributed by atoms with Crippen molar-refractivity contribution in [2.24, 2.45) is 5.73 Å². The van der Waals surface area contributed by atoms with Gasteiger partial charge in [0, 0.05) is 5.56 Å². The molecule has 1 aliphatic rings. The topological polar surface area (TPSA) is 61.5 Å². The number of halogens is 1. The highest BCUT2D eigenvalue weighted by atomic mass is 79.9. The van der Waals surface area contributed by atoms with Crippen molar-refractivity contribution >= 4 is 21.7 Å². The van der Waals surface area contributed by atoms with Crippen LogP contribution in [0.3, 0.4) is 0 Å². The fraction of sp³-hybridized carbons (Fsp3) is 0.500. The van der Waals surface area contributed by atoms with Crippen molar-refractivity contribution in [3.05, 3.63) is 22.2 Å². The molecule has 4 nitrogen and oxygen atoms in total. The van der Waals surface area contributed by atoms with Gasteiger partial charge in [0.05, 0.1) is 24.2 Å². The molecular weight excluding hydrogens is 310 g/mol. The van der Waals surface area contributed by atoms with E-state index in [1.165, 1.54) is 12.8 Å². The van der Waals surface area contributed by atoms with Crippen LogP contribution in [0.4, 0.5) is 0 Å². The van der Waals surface area contributed by atoms with E-state index in [1.54, 1.807) is 19.2 Å². The molecule has 0 bridgehead atoms. The summed E-state index contributed by atoms with van der Waals surface area (Å²) in [5.74, 6) is 1.13. The molecule has 2 rings (SSSR count). The Balaban J connectivity index is 2.31. The predicted octanol–water partition coefficient (Wildman–Crippen LogP) is 2.92. The van der Waals surface area contributed by atoms with Gasteiger partial charge in [0.1, 0.15) is 0 Å². The fourth-order valence-corrected chi connectivity index (χ4v) is 2.92. The van der Waals surface area contributed by atoms with Gasteiger partial charge in [0.2, 0.25) is 0 Å². The second-order valence-corrected chi connectivity index (χ2v) is 5.50. The second-order valence-electron chi connectivity index (χ2n) is 4.64. The lowest BCUT2D eigenvalue weighted by Crippen LogP contribution is -2.15. The van der Waals surface area contributed by atoms with E-state index in [0.29, 0.717) is 21.5 Å². The van der Waals surface area contributed by atoms with Crippen molar-refractivity contribution in [3.63, 3.8) is 0 Å². The van der Waals surface area contributed by atoms with Crippen LogP contribution in [0.5, 0.6) is 11.5 Å². The zero-order chi connectivity index (χ0) is 13.8. The number of nitrogens with two attached hydrogens (primary N) is 1. The Kier molecular flexibility index (Phi) is 4.82. The molecule has 0 spiro atoms. The van der Waals surface area contributed by atoms with Gasteiger partial charge >= 0.3 is 0 Å². The number of methoxy groups -OCH3 is 1. The van der Waals surface area contributed by atoms with Crippen LogP contribution in [0.1, 0.15) is 36.0 Å². The zero-order valence-electron chi connectivity index (χ0n) is 10.9. The summed E-state index contributed by atoms with van der Waals surface area (Å²) in [4.78, 5) is 11.7. The maximum absolute atomic E-state index is 11.7. The van der Waals surface area contributed by atoms with E-state index in [-0.39, 0.29) is 18.4 Å². The van der Waals surface area contributed by atoms with E-state index >= 15 is 0 Å². The van der Waals surface area contributed by atoms with Crippen LogP contribution in [0.2, 0.25) is 0 Å². The van der Waals surface area contributed by atoms with E-state index in [4.69, 9.17) is 15.2 Å². The third kappa shape index (κ3) is 3.28. The third-order valence-corrected chi connectivity index (χ3v) is 3.91. The standard InChI is InChI=1S/C14H18BrNO3/c1-18-14-11(15)6-9(12(17)8-16)7-13(14)19-10-4-2-3-5-10/h6-7,10H,2-5,8,16H2,1H3. The highest BCUT2D eigenvalue weighted by molar-refractivity contribution is 9.10. The molecule has 5 heteroatoms. The maximum Gasteiger partial charge on any atom is 0.176 e. The predicted molar refractivity (Wildman–Crippen MR) is 77.0 cm³/mol. The summed E-state index contributed by atoms with van der Waals surface area (Å²) >= 11 is 3.41. The van der Waals surface area contributed by atoms with Crippen LogP contribution >= 0.6 is 15.9 Å². The van der Waals surface area contributed by atoms with Crippen LogP contribution in [0, 0.1) is 0 Å². The number of ketones is 1. The number of benzene rings is 1. The highest BCUT2D eigenvalue weighted by Crippen LogP contribution is 2.38. The molecule has 0 heterocycles. The van der Waals surface area contributed by atoms with E-state index < -0.39 is 0 Å². The number of Topliss-reactive ketones (excluding diaryl/α,β-unsaturated/α-hetero) is 1. The zero-order valence-corrected chi connectivity index (χ0v) is 12.5. The van der Waals surface area contributed by atoms with Gasteiger partial charge in [-0.2, -0.15) is 0 Å². The Labute approximate surface area is 121 Å². The molecule has 2 N–H and O–H groups in total. The first-order chi connectivity index (χ1) is 9.15. The number of carbonyl (C=O) groups excluding carboxylic acids is 1. The number of hydrogen-bond donors (Lipinski definition) is 1. The first kappa shape index (κ1) is 14.3. The molecule has 1 aromatic carbocycles. The Hall–Kier alpha value is -1.07. The van der Waals surface area contributed by atoms with Gasteiger partial charge in [-0.1, -0.05) is 0 Å². The molecule has 104 valence electrons. The molecular formula is C14H18BrNO3. The van der Waals surface area contributed by atoms with Crippen LogP contribution < -0.4 is 15.2 Å². The summed E-state index contributed by atoms with van der Waals surface area (Å²) in [6, 6.07) is 3.44. The molecule has 19 heavy (non-hydrogen) atoms. The Morgan fingerprint density at radius 1 is 1.42 bits per heavy atom. The smallest absolute Gasteiger partial charge is 0.176 e. The average Bonchev–Trinajstić information content (AvgIpc) is 2.90. The Bertz CT molecular complexity index is 470. The third-order valence-electron chi connectivity index (χ3n) is 3.32. The number of ether oxygens (including phenoxy) is 2.